The Hall–Kier alpha value is -2.26. The number of hydrogen-bond acceptors (Lipinski definition) is 3. The van der Waals surface area contributed by atoms with Gasteiger partial charge in [-0.2, -0.15) is 0 Å². The third-order valence-corrected chi connectivity index (χ3v) is 4.30. The number of rotatable bonds is 3. The molecule has 2 heterocycles. The lowest BCUT2D eigenvalue weighted by atomic mass is 10.1. The highest BCUT2D eigenvalue weighted by molar-refractivity contribution is 7.09. The summed E-state index contributed by atoms with van der Waals surface area (Å²) in [5.41, 5.74) is 2.96. The van der Waals surface area contributed by atoms with Crippen molar-refractivity contribution in [1.29, 1.82) is 0 Å². The molecular weight excluding hydrogens is 266 g/mol. The van der Waals surface area contributed by atoms with Crippen LogP contribution >= 0.6 is 11.3 Å². The lowest BCUT2D eigenvalue weighted by Gasteiger charge is -2.04. The Balaban J connectivity index is 1.69. The van der Waals surface area contributed by atoms with Crippen molar-refractivity contribution >= 4 is 39.0 Å². The molecule has 3 heteroatoms. The molecule has 2 aromatic heterocycles. The molecule has 0 fully saturated rings. The maximum atomic E-state index is 5.89. The van der Waals surface area contributed by atoms with Gasteiger partial charge in [0.05, 0.1) is 0 Å². The van der Waals surface area contributed by atoms with Crippen molar-refractivity contribution in [2.24, 2.45) is 0 Å². The minimum absolute atomic E-state index is 0.851. The van der Waals surface area contributed by atoms with E-state index in [1.165, 1.54) is 15.6 Å². The number of furan rings is 1. The molecule has 4 rings (SSSR count). The fourth-order valence-electron chi connectivity index (χ4n) is 2.44. The van der Waals surface area contributed by atoms with Gasteiger partial charge in [0.2, 0.25) is 0 Å². The number of thiophene rings is 1. The van der Waals surface area contributed by atoms with Crippen LogP contribution in [0.2, 0.25) is 0 Å². The summed E-state index contributed by atoms with van der Waals surface area (Å²) in [6.45, 7) is 0.851. The van der Waals surface area contributed by atoms with Gasteiger partial charge in [0.1, 0.15) is 11.2 Å². The van der Waals surface area contributed by atoms with Crippen LogP contribution in [-0.4, -0.2) is 0 Å². The van der Waals surface area contributed by atoms with Gasteiger partial charge in [-0.3, -0.25) is 0 Å². The Labute approximate surface area is 120 Å². The summed E-state index contributed by atoms with van der Waals surface area (Å²) in [6.07, 6.45) is 0. The minimum atomic E-state index is 0.851. The first-order chi connectivity index (χ1) is 9.90. The van der Waals surface area contributed by atoms with Gasteiger partial charge in [-0.25, -0.2) is 0 Å². The average Bonchev–Trinajstić information content (AvgIpc) is 3.12. The van der Waals surface area contributed by atoms with Crippen molar-refractivity contribution in [3.05, 3.63) is 64.9 Å². The molecule has 4 aromatic rings. The molecule has 98 valence electrons. The minimum Gasteiger partial charge on any atom is -0.456 e. The summed E-state index contributed by atoms with van der Waals surface area (Å²) in [7, 11) is 0. The van der Waals surface area contributed by atoms with Crippen molar-refractivity contribution < 1.29 is 4.42 Å². The molecule has 0 saturated carbocycles. The maximum Gasteiger partial charge on any atom is 0.137 e. The van der Waals surface area contributed by atoms with Gasteiger partial charge < -0.3 is 9.73 Å². The molecule has 0 radical (unpaired) electrons. The predicted molar refractivity (Wildman–Crippen MR) is 85.4 cm³/mol. The van der Waals surface area contributed by atoms with E-state index in [2.05, 4.69) is 47.1 Å². The summed E-state index contributed by atoms with van der Waals surface area (Å²) in [6, 6.07) is 18.7. The second kappa shape index (κ2) is 4.69. The first kappa shape index (κ1) is 11.6. The largest absolute Gasteiger partial charge is 0.456 e. The van der Waals surface area contributed by atoms with Crippen LogP contribution in [0, 0.1) is 0 Å². The van der Waals surface area contributed by atoms with E-state index >= 15 is 0 Å². The maximum absolute atomic E-state index is 5.89. The molecule has 2 aromatic carbocycles. The van der Waals surface area contributed by atoms with E-state index < -0.39 is 0 Å². The Bertz CT molecular complexity index is 861. The highest BCUT2D eigenvalue weighted by Gasteiger charge is 2.06. The Morgan fingerprint density at radius 2 is 1.80 bits per heavy atom. The van der Waals surface area contributed by atoms with E-state index in [0.29, 0.717) is 0 Å². The molecule has 0 saturated heterocycles. The van der Waals surface area contributed by atoms with E-state index in [-0.39, 0.29) is 0 Å². The Morgan fingerprint density at radius 1 is 0.900 bits per heavy atom. The van der Waals surface area contributed by atoms with Gasteiger partial charge in [-0.1, -0.05) is 24.3 Å². The topological polar surface area (TPSA) is 25.2 Å². The van der Waals surface area contributed by atoms with Crippen LogP contribution in [0.15, 0.2) is 64.4 Å². The highest BCUT2D eigenvalue weighted by atomic mass is 32.1. The number of nitrogens with one attached hydrogen (secondary N) is 1. The smallest absolute Gasteiger partial charge is 0.137 e. The highest BCUT2D eigenvalue weighted by Crippen LogP contribution is 2.30. The van der Waals surface area contributed by atoms with Crippen LogP contribution < -0.4 is 5.32 Å². The van der Waals surface area contributed by atoms with Gasteiger partial charge in [0.15, 0.2) is 0 Å². The summed E-state index contributed by atoms with van der Waals surface area (Å²) < 4.78 is 5.89. The Kier molecular flexibility index (Phi) is 2.71. The van der Waals surface area contributed by atoms with Gasteiger partial charge in [-0.15, -0.1) is 11.3 Å². The second-order valence-corrected chi connectivity index (χ2v) is 5.77. The molecule has 0 atom stereocenters. The normalized spacial score (nSPS) is 11.2. The zero-order valence-corrected chi connectivity index (χ0v) is 11.6. The molecule has 0 aliphatic rings. The monoisotopic (exact) mass is 279 g/mol. The number of fused-ring (bicyclic) bond motifs is 3. The standard InChI is InChI=1S/C17H13NOS/c1-2-6-16-14(5-1)15-8-7-12(10-17(15)19-16)18-11-13-4-3-9-20-13/h1-10,18H,11H2. The van der Waals surface area contributed by atoms with E-state index in [9.17, 15) is 0 Å². The van der Waals surface area contributed by atoms with Crippen LogP contribution in [0.4, 0.5) is 5.69 Å². The van der Waals surface area contributed by atoms with Crippen LogP contribution in [0.25, 0.3) is 21.9 Å². The summed E-state index contributed by atoms with van der Waals surface area (Å²) in [5.74, 6) is 0. The molecule has 2 nitrogen and oxygen atoms in total. The number of para-hydroxylation sites is 1. The van der Waals surface area contributed by atoms with Crippen molar-refractivity contribution in [2.75, 3.05) is 5.32 Å². The number of benzene rings is 2. The molecule has 1 N–H and O–H groups in total. The number of anilines is 1. The number of hydrogen-bond donors (Lipinski definition) is 1. The second-order valence-electron chi connectivity index (χ2n) is 4.74. The van der Waals surface area contributed by atoms with Crippen LogP contribution in [0.5, 0.6) is 0 Å². The lowest BCUT2D eigenvalue weighted by Crippen LogP contribution is -1.96. The molecule has 20 heavy (non-hydrogen) atoms. The summed E-state index contributed by atoms with van der Waals surface area (Å²) in [5, 5.41) is 7.87. The molecular formula is C17H13NOS. The van der Waals surface area contributed by atoms with E-state index in [1.807, 2.05) is 18.2 Å². The third kappa shape index (κ3) is 1.96. The van der Waals surface area contributed by atoms with Crippen molar-refractivity contribution in [3.63, 3.8) is 0 Å². The van der Waals surface area contributed by atoms with Crippen LogP contribution in [-0.2, 0) is 6.54 Å². The van der Waals surface area contributed by atoms with Crippen LogP contribution in [0.3, 0.4) is 0 Å². The molecule has 0 aliphatic heterocycles. The predicted octanol–water partition coefficient (Wildman–Crippen LogP) is 5.26. The zero-order chi connectivity index (χ0) is 13.4. The molecule has 0 unspecified atom stereocenters. The molecule has 0 amide bonds. The van der Waals surface area contributed by atoms with Crippen LogP contribution in [0.1, 0.15) is 4.88 Å². The molecule has 0 aliphatic carbocycles. The van der Waals surface area contributed by atoms with Crippen molar-refractivity contribution in [3.8, 4) is 0 Å². The van der Waals surface area contributed by atoms with E-state index in [4.69, 9.17) is 4.42 Å². The molecule has 0 spiro atoms. The lowest BCUT2D eigenvalue weighted by molar-refractivity contribution is 0.669. The van der Waals surface area contributed by atoms with E-state index in [1.54, 1.807) is 11.3 Å². The first-order valence-corrected chi connectivity index (χ1v) is 7.46. The fraction of sp³-hybridized carbons (Fsp3) is 0.0588. The zero-order valence-electron chi connectivity index (χ0n) is 10.8. The van der Waals surface area contributed by atoms with Gasteiger partial charge in [-0.05, 0) is 29.6 Å². The van der Waals surface area contributed by atoms with E-state index in [0.717, 1.165) is 23.4 Å². The van der Waals surface area contributed by atoms with Gasteiger partial charge in [0.25, 0.3) is 0 Å². The summed E-state index contributed by atoms with van der Waals surface area (Å²) in [4.78, 5) is 1.33. The molecule has 0 bridgehead atoms. The fourth-order valence-corrected chi connectivity index (χ4v) is 3.08. The summed E-state index contributed by atoms with van der Waals surface area (Å²) >= 11 is 1.76. The third-order valence-electron chi connectivity index (χ3n) is 3.43. The average molecular weight is 279 g/mol. The van der Waals surface area contributed by atoms with Crippen molar-refractivity contribution in [1.82, 2.24) is 0 Å². The van der Waals surface area contributed by atoms with Gasteiger partial charge in [0, 0.05) is 33.9 Å². The van der Waals surface area contributed by atoms with Gasteiger partial charge >= 0.3 is 0 Å². The SMILES string of the molecule is c1csc(CNc2ccc3c(c2)oc2ccccc23)c1. The first-order valence-electron chi connectivity index (χ1n) is 6.58. The van der Waals surface area contributed by atoms with Crippen molar-refractivity contribution in [2.45, 2.75) is 6.54 Å². The Morgan fingerprint density at radius 3 is 2.70 bits per heavy atom. The quantitative estimate of drug-likeness (QED) is 0.553.